The number of nitrogen functional groups attached to an aromatic ring is 1. The first-order chi connectivity index (χ1) is 9.20. The fourth-order valence-electron chi connectivity index (χ4n) is 1.93. The van der Waals surface area contributed by atoms with Crippen molar-refractivity contribution in [3.05, 3.63) is 16.3 Å². The van der Waals surface area contributed by atoms with Gasteiger partial charge in [0.15, 0.2) is 0 Å². The number of nitrogens with two attached hydrogens (primary N) is 1. The van der Waals surface area contributed by atoms with E-state index >= 15 is 0 Å². The second kappa shape index (κ2) is 6.25. The average molecular weight is 268 g/mol. The molecule has 1 fully saturated rings. The molecule has 0 bridgehead atoms. The Balaban J connectivity index is 1.98. The summed E-state index contributed by atoms with van der Waals surface area (Å²) in [6.45, 7) is 1.34. The Bertz CT molecular complexity index is 449. The maximum absolute atomic E-state index is 10.8. The van der Waals surface area contributed by atoms with Crippen LogP contribution >= 0.6 is 0 Å². The number of nitrogens with one attached hydrogen (secondary N) is 2. The molecule has 19 heavy (non-hydrogen) atoms. The summed E-state index contributed by atoms with van der Waals surface area (Å²) in [7, 11) is 0. The Morgan fingerprint density at radius 2 is 2.47 bits per heavy atom. The van der Waals surface area contributed by atoms with Crippen molar-refractivity contribution in [1.29, 1.82) is 0 Å². The van der Waals surface area contributed by atoms with Gasteiger partial charge in [0.1, 0.15) is 6.20 Å². The van der Waals surface area contributed by atoms with Crippen LogP contribution in [-0.2, 0) is 4.74 Å². The first-order valence-electron chi connectivity index (χ1n) is 6.04. The van der Waals surface area contributed by atoms with Crippen LogP contribution in [0.2, 0.25) is 0 Å². The topological polar surface area (TPSA) is 128 Å². The Labute approximate surface area is 109 Å². The van der Waals surface area contributed by atoms with Crippen molar-refractivity contribution in [3.8, 4) is 0 Å². The van der Waals surface area contributed by atoms with Gasteiger partial charge in [0.2, 0.25) is 11.8 Å². The molecular weight excluding hydrogens is 252 g/mol. The van der Waals surface area contributed by atoms with E-state index in [2.05, 4.69) is 20.7 Å². The van der Waals surface area contributed by atoms with E-state index in [1.165, 1.54) is 0 Å². The lowest BCUT2D eigenvalue weighted by Gasteiger charge is -2.10. The van der Waals surface area contributed by atoms with Crippen molar-refractivity contribution in [3.63, 3.8) is 0 Å². The summed E-state index contributed by atoms with van der Waals surface area (Å²) >= 11 is 0. The Morgan fingerprint density at radius 1 is 1.63 bits per heavy atom. The van der Waals surface area contributed by atoms with E-state index in [4.69, 9.17) is 10.6 Å². The van der Waals surface area contributed by atoms with Crippen LogP contribution in [0.25, 0.3) is 0 Å². The van der Waals surface area contributed by atoms with Crippen molar-refractivity contribution >= 4 is 17.5 Å². The lowest BCUT2D eigenvalue weighted by atomic mass is 10.2. The smallest absolute Gasteiger partial charge is 0.329 e. The minimum Gasteiger partial charge on any atom is -0.378 e. The normalized spacial score (nSPS) is 18.3. The fourth-order valence-corrected chi connectivity index (χ4v) is 1.93. The SMILES string of the molecule is NNc1ncc([N+](=O)[O-])c(NCCC2CCCO2)n1. The number of nitro groups is 1. The number of hydrogen-bond acceptors (Lipinski definition) is 8. The van der Waals surface area contributed by atoms with Crippen LogP contribution in [0.3, 0.4) is 0 Å². The first kappa shape index (κ1) is 13.4. The van der Waals surface area contributed by atoms with E-state index in [1.807, 2.05) is 0 Å². The standard InChI is InChI=1S/C10H16N6O3/c11-15-10-13-6-8(16(17)18)9(14-10)12-4-3-7-2-1-5-19-7/h6-7H,1-5,11H2,(H2,12,13,14,15). The van der Waals surface area contributed by atoms with Crippen LogP contribution in [0.15, 0.2) is 6.20 Å². The van der Waals surface area contributed by atoms with Crippen molar-refractivity contribution in [2.24, 2.45) is 5.84 Å². The number of anilines is 2. The Hall–Kier alpha value is -2.00. The zero-order chi connectivity index (χ0) is 13.7. The van der Waals surface area contributed by atoms with Crippen LogP contribution in [0, 0.1) is 10.1 Å². The lowest BCUT2D eigenvalue weighted by molar-refractivity contribution is -0.384. The molecule has 2 rings (SSSR count). The van der Waals surface area contributed by atoms with E-state index in [1.54, 1.807) is 0 Å². The van der Waals surface area contributed by atoms with Gasteiger partial charge in [-0.15, -0.1) is 0 Å². The molecule has 1 aliphatic heterocycles. The summed E-state index contributed by atoms with van der Waals surface area (Å²) in [5, 5.41) is 13.8. The fraction of sp³-hybridized carbons (Fsp3) is 0.600. The van der Waals surface area contributed by atoms with Crippen LogP contribution in [0.5, 0.6) is 0 Å². The van der Waals surface area contributed by atoms with Gasteiger partial charge in [0, 0.05) is 13.2 Å². The molecular formula is C10H16N6O3. The van der Waals surface area contributed by atoms with Gasteiger partial charge in [-0.3, -0.25) is 15.5 Å². The zero-order valence-electron chi connectivity index (χ0n) is 10.3. The van der Waals surface area contributed by atoms with E-state index in [0.29, 0.717) is 6.54 Å². The molecule has 0 amide bonds. The van der Waals surface area contributed by atoms with Gasteiger partial charge in [0.25, 0.3) is 0 Å². The minimum atomic E-state index is -0.533. The molecule has 104 valence electrons. The van der Waals surface area contributed by atoms with Crippen LogP contribution in [0.4, 0.5) is 17.5 Å². The van der Waals surface area contributed by atoms with Crippen LogP contribution < -0.4 is 16.6 Å². The van der Waals surface area contributed by atoms with Crippen molar-refractivity contribution < 1.29 is 9.66 Å². The number of hydrazine groups is 1. The van der Waals surface area contributed by atoms with Gasteiger partial charge in [-0.1, -0.05) is 0 Å². The highest BCUT2D eigenvalue weighted by atomic mass is 16.6. The maximum Gasteiger partial charge on any atom is 0.329 e. The van der Waals surface area contributed by atoms with Gasteiger partial charge < -0.3 is 10.1 Å². The highest BCUT2D eigenvalue weighted by Gasteiger charge is 2.19. The summed E-state index contributed by atoms with van der Waals surface area (Å²) in [6.07, 6.45) is 4.23. The molecule has 9 heteroatoms. The molecule has 0 aromatic carbocycles. The Kier molecular flexibility index (Phi) is 4.42. The number of nitrogens with zero attached hydrogens (tertiary/aromatic N) is 3. The molecule has 1 aliphatic rings. The molecule has 0 spiro atoms. The Morgan fingerprint density at radius 3 is 3.11 bits per heavy atom. The van der Waals surface area contributed by atoms with Gasteiger partial charge in [-0.05, 0) is 19.3 Å². The highest BCUT2D eigenvalue weighted by Crippen LogP contribution is 2.22. The third-order valence-corrected chi connectivity index (χ3v) is 2.88. The van der Waals surface area contributed by atoms with E-state index in [0.717, 1.165) is 32.1 Å². The molecule has 9 nitrogen and oxygen atoms in total. The summed E-state index contributed by atoms with van der Waals surface area (Å²) < 4.78 is 5.47. The molecule has 1 aromatic rings. The second-order valence-electron chi connectivity index (χ2n) is 4.18. The lowest BCUT2D eigenvalue weighted by Crippen LogP contribution is -2.16. The van der Waals surface area contributed by atoms with Gasteiger partial charge >= 0.3 is 5.69 Å². The van der Waals surface area contributed by atoms with E-state index in [9.17, 15) is 10.1 Å². The minimum absolute atomic E-state index is 0.130. The number of aromatic nitrogens is 2. The number of hydrogen-bond donors (Lipinski definition) is 3. The van der Waals surface area contributed by atoms with Crippen molar-refractivity contribution in [1.82, 2.24) is 9.97 Å². The largest absolute Gasteiger partial charge is 0.378 e. The molecule has 1 unspecified atom stereocenters. The summed E-state index contributed by atoms with van der Waals surface area (Å²) in [4.78, 5) is 18.0. The van der Waals surface area contributed by atoms with Crippen molar-refractivity contribution in [2.75, 3.05) is 23.9 Å². The zero-order valence-corrected chi connectivity index (χ0v) is 10.3. The molecule has 0 aliphatic carbocycles. The van der Waals surface area contributed by atoms with Gasteiger partial charge in [-0.2, -0.15) is 4.98 Å². The molecule has 0 radical (unpaired) electrons. The molecule has 0 saturated carbocycles. The monoisotopic (exact) mass is 268 g/mol. The average Bonchev–Trinajstić information content (AvgIpc) is 2.91. The second-order valence-corrected chi connectivity index (χ2v) is 4.18. The van der Waals surface area contributed by atoms with Gasteiger partial charge in [-0.25, -0.2) is 10.8 Å². The number of rotatable bonds is 6. The number of ether oxygens (including phenoxy) is 1. The predicted octanol–water partition coefficient (Wildman–Crippen LogP) is 0.651. The maximum atomic E-state index is 10.8. The van der Waals surface area contributed by atoms with E-state index in [-0.39, 0.29) is 23.6 Å². The summed E-state index contributed by atoms with van der Waals surface area (Å²) in [5.41, 5.74) is 2.08. The third-order valence-electron chi connectivity index (χ3n) is 2.88. The molecule has 1 saturated heterocycles. The molecule has 4 N–H and O–H groups in total. The van der Waals surface area contributed by atoms with E-state index < -0.39 is 4.92 Å². The highest BCUT2D eigenvalue weighted by molar-refractivity contribution is 5.56. The third kappa shape index (κ3) is 3.48. The summed E-state index contributed by atoms with van der Waals surface area (Å²) in [6, 6.07) is 0. The predicted molar refractivity (Wildman–Crippen MR) is 68.6 cm³/mol. The molecule has 1 atom stereocenters. The summed E-state index contributed by atoms with van der Waals surface area (Å²) in [5.74, 6) is 5.47. The quantitative estimate of drug-likeness (QED) is 0.389. The van der Waals surface area contributed by atoms with Gasteiger partial charge in [0.05, 0.1) is 11.0 Å². The van der Waals surface area contributed by atoms with Crippen LogP contribution in [0.1, 0.15) is 19.3 Å². The van der Waals surface area contributed by atoms with Crippen molar-refractivity contribution in [2.45, 2.75) is 25.4 Å². The first-order valence-corrected chi connectivity index (χ1v) is 6.04. The molecule has 1 aromatic heterocycles. The molecule has 2 heterocycles. The van der Waals surface area contributed by atoms with Crippen LogP contribution in [-0.4, -0.2) is 34.1 Å².